The fourth-order valence-electron chi connectivity index (χ4n) is 0.435. The van der Waals surface area contributed by atoms with Crippen molar-refractivity contribution >= 4 is 17.5 Å². The van der Waals surface area contributed by atoms with Gasteiger partial charge in [-0.15, -0.1) is 11.6 Å². The van der Waals surface area contributed by atoms with Gasteiger partial charge in [0.05, 0.1) is 6.07 Å². The van der Waals surface area contributed by atoms with E-state index >= 15 is 0 Å². The Labute approximate surface area is 71.3 Å². The first-order chi connectivity index (χ1) is 4.89. The third kappa shape index (κ3) is 3.84. The van der Waals surface area contributed by atoms with Crippen LogP contribution < -0.4 is 5.32 Å². The Morgan fingerprint density at radius 3 is 2.45 bits per heavy atom. The van der Waals surface area contributed by atoms with Crippen LogP contribution in [0.25, 0.3) is 0 Å². The predicted octanol–water partition coefficient (Wildman–Crippen LogP) is 1.03. The Bertz CT molecular complexity index is 193. The van der Waals surface area contributed by atoms with Crippen LogP contribution in [-0.4, -0.2) is 16.8 Å². The van der Waals surface area contributed by atoms with Gasteiger partial charge in [-0.1, -0.05) is 0 Å². The molecule has 62 valence electrons. The molecule has 0 fully saturated rings. The summed E-state index contributed by atoms with van der Waals surface area (Å²) in [5.74, 6) is -0.321. The van der Waals surface area contributed by atoms with Crippen LogP contribution in [0.15, 0.2) is 0 Å². The average Bonchev–Trinajstić information content (AvgIpc) is 1.87. The highest BCUT2D eigenvalue weighted by Gasteiger charge is 2.21. The number of amides is 1. The molecule has 0 radical (unpaired) electrons. The summed E-state index contributed by atoms with van der Waals surface area (Å²) in [7, 11) is 0. The summed E-state index contributed by atoms with van der Waals surface area (Å²) in [4.78, 5) is 10.9. The lowest BCUT2D eigenvalue weighted by atomic mass is 10.1. The van der Waals surface area contributed by atoms with Crippen molar-refractivity contribution in [3.8, 4) is 6.07 Å². The Kier molecular flexibility index (Phi) is 3.34. The summed E-state index contributed by atoms with van der Waals surface area (Å²) >= 11 is 5.47. The maximum Gasteiger partial charge on any atom is 0.238 e. The molecule has 3 nitrogen and oxygen atoms in total. The smallest absolute Gasteiger partial charge is 0.238 e. The van der Waals surface area contributed by atoms with Gasteiger partial charge in [-0.2, -0.15) is 5.26 Å². The van der Waals surface area contributed by atoms with Crippen molar-refractivity contribution in [3.05, 3.63) is 0 Å². The number of carbonyl (C=O) groups excluding carboxylic acids is 1. The summed E-state index contributed by atoms with van der Waals surface area (Å²) in [5.41, 5.74) is -0.833. The first-order valence-corrected chi connectivity index (χ1v) is 3.70. The fourth-order valence-corrected chi connectivity index (χ4v) is 0.490. The van der Waals surface area contributed by atoms with E-state index in [9.17, 15) is 4.79 Å². The molecule has 1 N–H and O–H groups in total. The number of hydrogen-bond acceptors (Lipinski definition) is 2. The third-order valence-electron chi connectivity index (χ3n) is 1.08. The van der Waals surface area contributed by atoms with Gasteiger partial charge in [0, 0.05) is 0 Å². The Morgan fingerprint density at radius 1 is 1.73 bits per heavy atom. The van der Waals surface area contributed by atoms with Crippen LogP contribution in [0, 0.1) is 11.3 Å². The van der Waals surface area contributed by atoms with E-state index in [2.05, 4.69) is 5.32 Å². The minimum absolute atomic E-state index is 0.321. The van der Waals surface area contributed by atoms with Crippen molar-refractivity contribution in [2.75, 3.05) is 0 Å². The van der Waals surface area contributed by atoms with Crippen LogP contribution in [0.1, 0.15) is 20.8 Å². The van der Waals surface area contributed by atoms with Crippen LogP contribution in [0.2, 0.25) is 0 Å². The van der Waals surface area contributed by atoms with Gasteiger partial charge in [0.1, 0.15) is 10.9 Å². The third-order valence-corrected chi connectivity index (χ3v) is 1.27. The topological polar surface area (TPSA) is 52.9 Å². The zero-order valence-corrected chi connectivity index (χ0v) is 7.57. The van der Waals surface area contributed by atoms with Gasteiger partial charge in [0.25, 0.3) is 0 Å². The summed E-state index contributed by atoms with van der Waals surface area (Å²) in [5, 5.41) is 10.4. The molecule has 0 aliphatic rings. The lowest BCUT2D eigenvalue weighted by Crippen LogP contribution is -2.44. The van der Waals surface area contributed by atoms with Crippen LogP contribution in [-0.2, 0) is 4.79 Å². The Morgan fingerprint density at radius 2 is 2.18 bits per heavy atom. The lowest BCUT2D eigenvalue weighted by Gasteiger charge is -2.17. The standard InChI is InChI=1S/C7H11ClN2O/c1-5(8)6(11)10-7(2,3)4-9/h5H,1-3H3,(H,10,11). The Hall–Kier alpha value is -0.750. The molecule has 0 bridgehead atoms. The number of alkyl halides is 1. The minimum atomic E-state index is -0.833. The number of carbonyl (C=O) groups is 1. The molecule has 1 unspecified atom stereocenters. The monoisotopic (exact) mass is 174 g/mol. The second-order valence-corrected chi connectivity index (χ2v) is 3.50. The van der Waals surface area contributed by atoms with Crippen molar-refractivity contribution in [1.29, 1.82) is 5.26 Å². The number of nitrogens with zero attached hydrogens (tertiary/aromatic N) is 1. The highest BCUT2D eigenvalue weighted by Crippen LogP contribution is 2.01. The van der Waals surface area contributed by atoms with Crippen molar-refractivity contribution in [2.24, 2.45) is 0 Å². The molecule has 1 amide bonds. The second kappa shape index (κ2) is 3.59. The number of rotatable bonds is 2. The van der Waals surface area contributed by atoms with Gasteiger partial charge in [-0.25, -0.2) is 0 Å². The fraction of sp³-hybridized carbons (Fsp3) is 0.714. The van der Waals surface area contributed by atoms with Gasteiger partial charge in [-0.05, 0) is 20.8 Å². The molecule has 0 aromatic rings. The number of halogens is 1. The maximum absolute atomic E-state index is 10.9. The summed E-state index contributed by atoms with van der Waals surface area (Å²) in [6.45, 7) is 4.79. The van der Waals surface area contributed by atoms with E-state index in [1.807, 2.05) is 6.07 Å². The molecule has 0 aliphatic carbocycles. The zero-order chi connectivity index (χ0) is 9.07. The van der Waals surface area contributed by atoms with Gasteiger partial charge in [0.15, 0.2) is 0 Å². The summed E-state index contributed by atoms with van der Waals surface area (Å²) in [6, 6.07) is 1.94. The highest BCUT2D eigenvalue weighted by molar-refractivity contribution is 6.30. The largest absolute Gasteiger partial charge is 0.337 e. The second-order valence-electron chi connectivity index (χ2n) is 2.84. The molecule has 0 spiro atoms. The first kappa shape index (κ1) is 10.2. The van der Waals surface area contributed by atoms with E-state index in [0.29, 0.717) is 0 Å². The van der Waals surface area contributed by atoms with Crippen molar-refractivity contribution in [2.45, 2.75) is 31.7 Å². The molecule has 0 aliphatic heterocycles. The van der Waals surface area contributed by atoms with Gasteiger partial charge in [-0.3, -0.25) is 4.79 Å². The average molecular weight is 175 g/mol. The molecule has 0 saturated heterocycles. The van der Waals surface area contributed by atoms with Crippen LogP contribution in [0.3, 0.4) is 0 Å². The molecule has 11 heavy (non-hydrogen) atoms. The number of nitriles is 1. The zero-order valence-electron chi connectivity index (χ0n) is 6.81. The van der Waals surface area contributed by atoms with Crippen molar-refractivity contribution in [1.82, 2.24) is 5.32 Å². The van der Waals surface area contributed by atoms with E-state index in [1.54, 1.807) is 20.8 Å². The number of hydrogen-bond donors (Lipinski definition) is 1. The van der Waals surface area contributed by atoms with Gasteiger partial charge >= 0.3 is 0 Å². The summed E-state index contributed by atoms with van der Waals surface area (Å²) in [6.07, 6.45) is 0. The van der Waals surface area contributed by atoms with E-state index in [0.717, 1.165) is 0 Å². The van der Waals surface area contributed by atoms with Crippen LogP contribution >= 0.6 is 11.6 Å². The molecule has 0 aromatic heterocycles. The first-order valence-electron chi connectivity index (χ1n) is 3.26. The number of nitrogens with one attached hydrogen (secondary N) is 1. The quantitative estimate of drug-likeness (QED) is 0.636. The molecular weight excluding hydrogens is 164 g/mol. The molecule has 0 rings (SSSR count). The SMILES string of the molecule is CC(Cl)C(=O)NC(C)(C)C#N. The minimum Gasteiger partial charge on any atom is -0.337 e. The molecule has 0 saturated carbocycles. The molecule has 0 aromatic carbocycles. The highest BCUT2D eigenvalue weighted by atomic mass is 35.5. The van der Waals surface area contributed by atoms with Gasteiger partial charge < -0.3 is 5.32 Å². The van der Waals surface area contributed by atoms with Crippen LogP contribution in [0.5, 0.6) is 0 Å². The van der Waals surface area contributed by atoms with E-state index in [-0.39, 0.29) is 5.91 Å². The normalized spacial score (nSPS) is 13.4. The van der Waals surface area contributed by atoms with Crippen molar-refractivity contribution < 1.29 is 4.79 Å². The van der Waals surface area contributed by atoms with Crippen molar-refractivity contribution in [3.63, 3.8) is 0 Å². The summed E-state index contributed by atoms with van der Waals surface area (Å²) < 4.78 is 0. The maximum atomic E-state index is 10.9. The molecule has 1 atom stereocenters. The van der Waals surface area contributed by atoms with E-state index < -0.39 is 10.9 Å². The van der Waals surface area contributed by atoms with E-state index in [4.69, 9.17) is 16.9 Å². The molecule has 0 heterocycles. The van der Waals surface area contributed by atoms with Gasteiger partial charge in [0.2, 0.25) is 5.91 Å². The van der Waals surface area contributed by atoms with Crippen LogP contribution in [0.4, 0.5) is 0 Å². The lowest BCUT2D eigenvalue weighted by molar-refractivity contribution is -0.121. The Balaban J connectivity index is 4.08. The predicted molar refractivity (Wildman–Crippen MR) is 43.1 cm³/mol. The molecule has 4 heteroatoms. The molecular formula is C7H11ClN2O. The van der Waals surface area contributed by atoms with E-state index in [1.165, 1.54) is 0 Å².